The van der Waals surface area contributed by atoms with Crippen molar-refractivity contribution in [3.8, 4) is 11.4 Å². The molecule has 0 aliphatic rings. The van der Waals surface area contributed by atoms with Crippen LogP contribution in [0.4, 0.5) is 17.6 Å². The molecule has 0 radical (unpaired) electrons. The van der Waals surface area contributed by atoms with Gasteiger partial charge in [0.1, 0.15) is 6.33 Å². The monoisotopic (exact) mass is 449 g/mol. The zero-order valence-corrected chi connectivity index (χ0v) is 17.6. The van der Waals surface area contributed by atoms with Gasteiger partial charge in [0, 0.05) is 23.5 Å². The molecule has 2 heterocycles. The number of primary amides is 1. The van der Waals surface area contributed by atoms with E-state index in [1.165, 1.54) is 23.3 Å². The van der Waals surface area contributed by atoms with Gasteiger partial charge in [0.15, 0.2) is 5.82 Å². The molecule has 3 aromatic rings. The van der Waals surface area contributed by atoms with E-state index in [1.807, 2.05) is 6.92 Å². The lowest BCUT2D eigenvalue weighted by atomic mass is 10.0. The Morgan fingerprint density at radius 3 is 2.56 bits per heavy atom. The Kier molecular flexibility index (Phi) is 8.62. The van der Waals surface area contributed by atoms with Crippen molar-refractivity contribution in [2.24, 2.45) is 5.73 Å². The molecule has 2 aromatic heterocycles. The second kappa shape index (κ2) is 11.2. The van der Waals surface area contributed by atoms with Gasteiger partial charge in [-0.15, -0.1) is 5.10 Å². The summed E-state index contributed by atoms with van der Waals surface area (Å²) in [7, 11) is 0. The maximum Gasteiger partial charge on any atom is 0.416 e. The number of hydrogen-bond donors (Lipinski definition) is 1. The van der Waals surface area contributed by atoms with Crippen molar-refractivity contribution >= 4 is 18.2 Å². The Balaban J connectivity index is 0.00000114. The molecule has 0 bridgehead atoms. The van der Waals surface area contributed by atoms with E-state index in [9.17, 15) is 17.6 Å². The lowest BCUT2D eigenvalue weighted by molar-refractivity contribution is -0.137. The van der Waals surface area contributed by atoms with Crippen molar-refractivity contribution in [2.45, 2.75) is 39.3 Å². The number of hydrogen-bond acceptors (Lipinski definition) is 4. The summed E-state index contributed by atoms with van der Waals surface area (Å²) in [5.74, 6) is -0.440. The minimum Gasteiger partial charge on any atom is -0.372 e. The molecule has 0 spiro atoms. The van der Waals surface area contributed by atoms with Gasteiger partial charge in [0.25, 0.3) is 0 Å². The molecule has 6 nitrogen and oxygen atoms in total. The Morgan fingerprint density at radius 1 is 1.22 bits per heavy atom. The number of alkyl halides is 3. The van der Waals surface area contributed by atoms with Crippen molar-refractivity contribution in [2.75, 3.05) is 0 Å². The minimum atomic E-state index is -4.45. The molecule has 1 amide bonds. The third-order valence-electron chi connectivity index (χ3n) is 4.42. The van der Waals surface area contributed by atoms with Gasteiger partial charge in [-0.05, 0) is 61.2 Å². The topological polar surface area (TPSA) is 86.7 Å². The molecule has 2 N–H and O–H groups in total. The number of carbonyl (C=O) groups is 1. The average Bonchev–Trinajstić information content (AvgIpc) is 3.21. The van der Waals surface area contributed by atoms with Crippen LogP contribution in [0, 0.1) is 5.95 Å². The zero-order valence-electron chi connectivity index (χ0n) is 17.6. The number of benzene rings is 1. The fourth-order valence-electron chi connectivity index (χ4n) is 2.93. The van der Waals surface area contributed by atoms with Crippen LogP contribution in [0.5, 0.6) is 0 Å². The minimum absolute atomic E-state index is 0.171. The molecule has 1 aromatic carbocycles. The van der Waals surface area contributed by atoms with Crippen LogP contribution in [0.2, 0.25) is 0 Å². The highest BCUT2D eigenvalue weighted by atomic mass is 19.4. The average molecular weight is 449 g/mol. The number of allylic oxidation sites excluding steroid dienone is 1. The van der Waals surface area contributed by atoms with Gasteiger partial charge in [-0.1, -0.05) is 13.3 Å². The highest BCUT2D eigenvalue weighted by Gasteiger charge is 2.31. The summed E-state index contributed by atoms with van der Waals surface area (Å²) < 4.78 is 55.0. The van der Waals surface area contributed by atoms with Crippen molar-refractivity contribution in [1.29, 1.82) is 0 Å². The smallest absolute Gasteiger partial charge is 0.372 e. The number of nitrogens with zero attached hydrogens (tertiary/aromatic N) is 4. The molecule has 32 heavy (non-hydrogen) atoms. The fourth-order valence-corrected chi connectivity index (χ4v) is 2.93. The number of amides is 1. The van der Waals surface area contributed by atoms with Crippen LogP contribution in [0.25, 0.3) is 23.2 Å². The van der Waals surface area contributed by atoms with Crippen LogP contribution in [0.1, 0.15) is 43.4 Å². The Morgan fingerprint density at radius 2 is 1.94 bits per heavy atom. The SMILES string of the molecule is CCCCc1cc(-c2ncn(/C=C(\C)c3cccnc3F)n2)cc(C(F)(F)F)c1.NC=O. The van der Waals surface area contributed by atoms with Crippen LogP contribution < -0.4 is 5.73 Å². The van der Waals surface area contributed by atoms with Crippen molar-refractivity contribution < 1.29 is 22.4 Å². The first kappa shape index (κ1) is 24.7. The van der Waals surface area contributed by atoms with Crippen LogP contribution in [-0.2, 0) is 17.4 Å². The van der Waals surface area contributed by atoms with E-state index in [2.05, 4.69) is 20.8 Å². The predicted octanol–water partition coefficient (Wildman–Crippen LogP) is 4.96. The Hall–Kier alpha value is -3.56. The fraction of sp³-hybridized carbons (Fsp3) is 0.273. The van der Waals surface area contributed by atoms with Gasteiger partial charge < -0.3 is 5.73 Å². The van der Waals surface area contributed by atoms with E-state index in [1.54, 1.807) is 31.3 Å². The van der Waals surface area contributed by atoms with Crippen LogP contribution in [0.15, 0.2) is 42.9 Å². The third kappa shape index (κ3) is 6.73. The standard InChI is InChI=1S/C21H20F4N4.CH3NO/c1-3-4-6-15-9-16(11-17(10-15)21(23,24)25)20-27-13-29(28-20)12-14(2)18-7-5-8-26-19(18)22;2-1-3/h5,7-13H,3-4,6H2,1-2H3;1H,(H2,2,3)/b14-12+;. The van der Waals surface area contributed by atoms with Crippen LogP contribution >= 0.6 is 0 Å². The first-order valence-corrected chi connectivity index (χ1v) is 9.77. The van der Waals surface area contributed by atoms with Crippen LogP contribution in [-0.4, -0.2) is 26.2 Å². The Bertz CT molecular complexity index is 1080. The summed E-state index contributed by atoms with van der Waals surface area (Å²) >= 11 is 0. The second-order valence-electron chi connectivity index (χ2n) is 6.86. The molecule has 3 rings (SSSR count). The zero-order chi connectivity index (χ0) is 23.7. The maximum absolute atomic E-state index is 13.8. The first-order valence-electron chi connectivity index (χ1n) is 9.77. The third-order valence-corrected chi connectivity index (χ3v) is 4.42. The van der Waals surface area contributed by atoms with E-state index < -0.39 is 17.7 Å². The molecule has 0 fully saturated rings. The Labute approximate surface area is 182 Å². The van der Waals surface area contributed by atoms with Crippen molar-refractivity contribution in [1.82, 2.24) is 19.7 Å². The van der Waals surface area contributed by atoms with E-state index in [-0.39, 0.29) is 12.2 Å². The molecular formula is C22H23F4N5O. The summed E-state index contributed by atoms with van der Waals surface area (Å²) in [5, 5.41) is 4.24. The van der Waals surface area contributed by atoms with Gasteiger partial charge in [-0.25, -0.2) is 14.6 Å². The molecule has 0 saturated heterocycles. The molecule has 0 unspecified atom stereocenters. The summed E-state index contributed by atoms with van der Waals surface area (Å²) in [6, 6.07) is 7.10. The number of carbonyl (C=O) groups excluding carboxylic acids is 1. The van der Waals surface area contributed by atoms with E-state index in [4.69, 9.17) is 4.79 Å². The van der Waals surface area contributed by atoms with E-state index in [0.717, 1.165) is 18.9 Å². The molecular weight excluding hydrogens is 426 g/mol. The quantitative estimate of drug-likeness (QED) is 0.327. The normalized spacial score (nSPS) is 11.6. The van der Waals surface area contributed by atoms with Gasteiger partial charge in [-0.2, -0.15) is 17.6 Å². The maximum atomic E-state index is 13.8. The number of nitrogens with two attached hydrogens (primary N) is 1. The summed E-state index contributed by atoms with van der Waals surface area (Å²) in [4.78, 5) is 16.3. The molecule has 0 atom stereocenters. The number of aryl methyl sites for hydroxylation is 1. The highest BCUT2D eigenvalue weighted by molar-refractivity contribution is 5.73. The summed E-state index contributed by atoms with van der Waals surface area (Å²) in [5.41, 5.74) is 5.20. The van der Waals surface area contributed by atoms with E-state index in [0.29, 0.717) is 28.7 Å². The molecule has 170 valence electrons. The molecule has 10 heteroatoms. The first-order chi connectivity index (χ1) is 15.2. The molecule has 0 saturated carbocycles. The lowest BCUT2D eigenvalue weighted by Gasteiger charge is -2.11. The number of rotatable bonds is 6. The lowest BCUT2D eigenvalue weighted by Crippen LogP contribution is -2.06. The van der Waals surface area contributed by atoms with Gasteiger partial charge >= 0.3 is 6.18 Å². The summed E-state index contributed by atoms with van der Waals surface area (Å²) in [6.45, 7) is 3.67. The van der Waals surface area contributed by atoms with E-state index >= 15 is 0 Å². The number of aromatic nitrogens is 4. The van der Waals surface area contributed by atoms with Crippen LogP contribution in [0.3, 0.4) is 0 Å². The van der Waals surface area contributed by atoms with Crippen molar-refractivity contribution in [3.05, 3.63) is 65.5 Å². The molecule has 0 aliphatic heterocycles. The largest absolute Gasteiger partial charge is 0.416 e. The van der Waals surface area contributed by atoms with Gasteiger partial charge in [0.2, 0.25) is 12.4 Å². The van der Waals surface area contributed by atoms with Crippen molar-refractivity contribution in [3.63, 3.8) is 0 Å². The number of unbranched alkanes of at least 4 members (excludes halogenated alkanes) is 1. The number of pyridine rings is 1. The highest BCUT2D eigenvalue weighted by Crippen LogP contribution is 2.33. The number of halogens is 4. The second-order valence-corrected chi connectivity index (χ2v) is 6.86. The summed E-state index contributed by atoms with van der Waals surface area (Å²) in [6.07, 6.45) is 2.29. The molecule has 0 aliphatic carbocycles. The predicted molar refractivity (Wildman–Crippen MR) is 113 cm³/mol. The van der Waals surface area contributed by atoms with Gasteiger partial charge in [-0.3, -0.25) is 4.79 Å². The van der Waals surface area contributed by atoms with Gasteiger partial charge in [0.05, 0.1) is 5.56 Å².